The maximum absolute atomic E-state index is 5.54. The molecule has 7 aromatic carbocycles. The fourth-order valence-electron chi connectivity index (χ4n) is 7.68. The van der Waals surface area contributed by atoms with Crippen LogP contribution >= 0.6 is 0 Å². The van der Waals surface area contributed by atoms with Crippen molar-refractivity contribution in [3.05, 3.63) is 238 Å². The summed E-state index contributed by atoms with van der Waals surface area (Å²) in [5, 5.41) is 0. The fraction of sp³-hybridized carbons (Fsp3) is 0.0435. The molecule has 0 aromatic heterocycles. The van der Waals surface area contributed by atoms with Crippen LogP contribution in [0.4, 0.5) is 11.4 Å². The molecule has 0 N–H and O–H groups in total. The third-order valence-electron chi connectivity index (χ3n) is 9.70. The minimum absolute atomic E-state index is 0.00306. The molecule has 0 heterocycles. The highest BCUT2D eigenvalue weighted by molar-refractivity contribution is 6.15. The monoisotopic (exact) mass is 612 g/mol. The van der Waals surface area contributed by atoms with Crippen molar-refractivity contribution in [1.29, 1.82) is 0 Å². The minimum atomic E-state index is -0.00306. The minimum Gasteiger partial charge on any atom is -0.247 e. The van der Waals surface area contributed by atoms with Crippen LogP contribution in [0.5, 0.6) is 0 Å². The molecular weight excluding hydrogens is 581 g/mol. The van der Waals surface area contributed by atoms with Crippen LogP contribution in [0.1, 0.15) is 67.5 Å². The van der Waals surface area contributed by atoms with Gasteiger partial charge in [0.25, 0.3) is 0 Å². The third-order valence-corrected chi connectivity index (χ3v) is 9.70. The second-order valence-electron chi connectivity index (χ2n) is 12.4. The van der Waals surface area contributed by atoms with Gasteiger partial charge in [-0.3, -0.25) is 0 Å². The highest BCUT2D eigenvalue weighted by Gasteiger charge is 2.43. The van der Waals surface area contributed by atoms with Crippen LogP contribution < -0.4 is 0 Å². The van der Waals surface area contributed by atoms with Crippen molar-refractivity contribution in [2.45, 2.75) is 11.8 Å². The molecule has 0 radical (unpaired) electrons. The molecule has 2 heteroatoms. The summed E-state index contributed by atoms with van der Waals surface area (Å²) in [4.78, 5) is 11.1. The van der Waals surface area contributed by atoms with Crippen molar-refractivity contribution in [3.63, 3.8) is 0 Å². The molecule has 0 aliphatic heterocycles. The van der Waals surface area contributed by atoms with Gasteiger partial charge < -0.3 is 0 Å². The van der Waals surface area contributed by atoms with E-state index in [-0.39, 0.29) is 11.8 Å². The predicted octanol–water partition coefficient (Wildman–Crippen LogP) is 11.0. The Bertz CT molecular complexity index is 2090. The first-order valence-corrected chi connectivity index (χ1v) is 16.6. The number of hydrogen-bond donors (Lipinski definition) is 0. The van der Waals surface area contributed by atoms with Gasteiger partial charge in [0.15, 0.2) is 0 Å². The summed E-state index contributed by atoms with van der Waals surface area (Å²) >= 11 is 0. The highest BCUT2D eigenvalue weighted by Crippen LogP contribution is 2.59. The van der Waals surface area contributed by atoms with Crippen LogP contribution in [0.3, 0.4) is 0 Å². The normalized spacial score (nSPS) is 15.1. The average molecular weight is 613 g/mol. The lowest BCUT2D eigenvalue weighted by Crippen LogP contribution is -2.27. The van der Waals surface area contributed by atoms with Gasteiger partial charge in [-0.25, -0.2) is 9.98 Å². The SMILES string of the molecule is c1ccc(C(=Nc2cccc3c2C2c4ccccc4C3c3cccc(N=C(c4ccccc4)c4ccccc4)c32)c2ccccc2)cc1. The van der Waals surface area contributed by atoms with E-state index >= 15 is 0 Å². The summed E-state index contributed by atoms with van der Waals surface area (Å²) in [7, 11) is 0. The largest absolute Gasteiger partial charge is 0.247 e. The van der Waals surface area contributed by atoms with Crippen molar-refractivity contribution in [1.82, 2.24) is 0 Å². The highest BCUT2D eigenvalue weighted by atomic mass is 14.8. The molecule has 0 amide bonds. The number of nitrogens with zero attached hydrogens (tertiary/aromatic N) is 2. The Labute approximate surface area is 281 Å². The molecule has 0 saturated carbocycles. The molecule has 0 spiro atoms. The van der Waals surface area contributed by atoms with Gasteiger partial charge in [-0.1, -0.05) is 170 Å². The molecule has 3 aliphatic rings. The summed E-state index contributed by atoms with van der Waals surface area (Å²) < 4.78 is 0. The molecular formula is C46H32N2. The van der Waals surface area contributed by atoms with Crippen molar-refractivity contribution in [3.8, 4) is 0 Å². The molecule has 0 saturated heterocycles. The van der Waals surface area contributed by atoms with E-state index in [1.165, 1.54) is 33.4 Å². The molecule has 0 atom stereocenters. The van der Waals surface area contributed by atoms with Crippen LogP contribution in [0.25, 0.3) is 0 Å². The molecule has 2 bridgehead atoms. The first-order valence-electron chi connectivity index (χ1n) is 16.6. The lowest BCUT2D eigenvalue weighted by Gasteiger charge is -2.43. The van der Waals surface area contributed by atoms with Gasteiger partial charge in [0.05, 0.1) is 22.8 Å². The van der Waals surface area contributed by atoms with Crippen molar-refractivity contribution in [2.24, 2.45) is 9.98 Å². The van der Waals surface area contributed by atoms with Gasteiger partial charge in [-0.05, 0) is 45.5 Å². The molecule has 0 fully saturated rings. The maximum atomic E-state index is 5.54. The topological polar surface area (TPSA) is 24.7 Å². The van der Waals surface area contributed by atoms with Gasteiger partial charge in [0.1, 0.15) is 0 Å². The first kappa shape index (κ1) is 28.1. The van der Waals surface area contributed by atoms with E-state index in [1.807, 2.05) is 0 Å². The van der Waals surface area contributed by atoms with Crippen molar-refractivity contribution < 1.29 is 0 Å². The lowest BCUT2D eigenvalue weighted by atomic mass is 9.60. The molecule has 2 nitrogen and oxygen atoms in total. The smallest absolute Gasteiger partial charge is 0.0781 e. The van der Waals surface area contributed by atoms with Gasteiger partial charge in [0, 0.05) is 34.1 Å². The Morgan fingerprint density at radius 2 is 0.604 bits per heavy atom. The Hall–Kier alpha value is -6.12. The Kier molecular flexibility index (Phi) is 6.98. The predicted molar refractivity (Wildman–Crippen MR) is 198 cm³/mol. The first-order chi connectivity index (χ1) is 23.8. The van der Waals surface area contributed by atoms with Crippen LogP contribution in [-0.2, 0) is 0 Å². The van der Waals surface area contributed by atoms with Gasteiger partial charge in [-0.15, -0.1) is 0 Å². The van der Waals surface area contributed by atoms with Crippen molar-refractivity contribution in [2.75, 3.05) is 0 Å². The quantitative estimate of drug-likeness (QED) is 0.167. The zero-order chi connectivity index (χ0) is 31.9. The molecule has 0 unspecified atom stereocenters. The van der Waals surface area contributed by atoms with Crippen molar-refractivity contribution >= 4 is 22.8 Å². The Morgan fingerprint density at radius 3 is 0.979 bits per heavy atom. The van der Waals surface area contributed by atoms with Crippen LogP contribution in [0.2, 0.25) is 0 Å². The molecule has 226 valence electrons. The van der Waals surface area contributed by atoms with Gasteiger partial charge >= 0.3 is 0 Å². The number of rotatable bonds is 6. The number of benzene rings is 7. The van der Waals surface area contributed by atoms with Gasteiger partial charge in [-0.2, -0.15) is 0 Å². The Balaban J connectivity index is 1.30. The third kappa shape index (κ3) is 4.73. The molecule has 10 rings (SSSR count). The Morgan fingerprint density at radius 1 is 0.292 bits per heavy atom. The summed E-state index contributed by atoms with van der Waals surface area (Å²) in [5.41, 5.74) is 16.3. The number of hydrogen-bond acceptors (Lipinski definition) is 2. The van der Waals surface area contributed by atoms with E-state index in [2.05, 4.69) is 182 Å². The van der Waals surface area contributed by atoms with E-state index in [1.54, 1.807) is 0 Å². The summed E-state index contributed by atoms with van der Waals surface area (Å²) in [5.74, 6) is 0.104. The average Bonchev–Trinajstić information content (AvgIpc) is 3.17. The molecule has 48 heavy (non-hydrogen) atoms. The second kappa shape index (κ2) is 11.9. The lowest BCUT2D eigenvalue weighted by molar-refractivity contribution is 0.755. The van der Waals surface area contributed by atoms with E-state index in [0.29, 0.717) is 0 Å². The molecule has 7 aromatic rings. The zero-order valence-electron chi connectivity index (χ0n) is 26.4. The van der Waals surface area contributed by atoms with E-state index in [4.69, 9.17) is 9.98 Å². The van der Waals surface area contributed by atoms with E-state index < -0.39 is 0 Å². The molecule has 3 aliphatic carbocycles. The van der Waals surface area contributed by atoms with E-state index in [9.17, 15) is 0 Å². The summed E-state index contributed by atoms with van der Waals surface area (Å²) in [6.07, 6.45) is 0. The summed E-state index contributed by atoms with van der Waals surface area (Å²) in [6, 6.07) is 64.5. The standard InChI is InChI=1S/C46H32N2/c1-5-17-31(18-6-1)45(32-19-7-2-8-20-32)47-39-29-15-27-37-41-35-25-13-14-26-36(35)44(42(37)39)43-38(41)28-16-30-40(43)48-46(33-21-9-3-10-22-33)34-23-11-4-12-24-34/h1-30,41,44H. The number of aliphatic imine (C=N–C) groups is 2. The van der Waals surface area contributed by atoms with Crippen LogP contribution in [0.15, 0.2) is 192 Å². The summed E-state index contributed by atoms with van der Waals surface area (Å²) in [6.45, 7) is 0. The van der Waals surface area contributed by atoms with Crippen LogP contribution in [0, 0.1) is 0 Å². The fourth-order valence-corrected chi connectivity index (χ4v) is 7.68. The second-order valence-corrected chi connectivity index (χ2v) is 12.4. The maximum Gasteiger partial charge on any atom is 0.0781 e. The zero-order valence-corrected chi connectivity index (χ0v) is 26.4. The van der Waals surface area contributed by atoms with Gasteiger partial charge in [0.2, 0.25) is 0 Å². The van der Waals surface area contributed by atoms with Crippen LogP contribution in [-0.4, -0.2) is 11.4 Å². The van der Waals surface area contributed by atoms with E-state index in [0.717, 1.165) is 45.1 Å².